The first kappa shape index (κ1) is 24.9. The van der Waals surface area contributed by atoms with Gasteiger partial charge in [-0.3, -0.25) is 19.6 Å². The van der Waals surface area contributed by atoms with Gasteiger partial charge in [0.15, 0.2) is 0 Å². The Bertz CT molecular complexity index is 1520. The van der Waals surface area contributed by atoms with Gasteiger partial charge in [0.2, 0.25) is 6.41 Å². The van der Waals surface area contributed by atoms with Gasteiger partial charge < -0.3 is 15.0 Å². The number of ether oxygens (including phenoxy) is 1. The fourth-order valence-electron chi connectivity index (χ4n) is 4.62. The molecule has 4 amide bonds. The van der Waals surface area contributed by atoms with Crippen LogP contribution in [0.2, 0.25) is 0 Å². The van der Waals surface area contributed by atoms with E-state index in [1.54, 1.807) is 16.9 Å². The van der Waals surface area contributed by atoms with E-state index in [9.17, 15) is 23.2 Å². The average Bonchev–Trinajstić information content (AvgIpc) is 3.42. The SMILES string of the molecule is Cn1ncc2cc(-c3ccc([C@H](CN4Cc5ccc(OC(F)F)cc5C4=O)NC(=O)NC=O)cc3)ccc21. The molecule has 2 heterocycles. The third kappa shape index (κ3) is 5.03. The molecule has 1 aliphatic rings. The Morgan fingerprint density at radius 3 is 2.61 bits per heavy atom. The number of benzene rings is 3. The molecule has 194 valence electrons. The smallest absolute Gasteiger partial charge is 0.387 e. The van der Waals surface area contributed by atoms with Gasteiger partial charge in [-0.05, 0) is 46.5 Å². The lowest BCUT2D eigenvalue weighted by Gasteiger charge is -2.25. The lowest BCUT2D eigenvalue weighted by atomic mass is 9.99. The minimum atomic E-state index is -3.00. The second-order valence-electron chi connectivity index (χ2n) is 8.84. The second kappa shape index (κ2) is 10.3. The monoisotopic (exact) mass is 519 g/mol. The van der Waals surface area contributed by atoms with E-state index in [1.807, 2.05) is 49.5 Å². The van der Waals surface area contributed by atoms with Crippen LogP contribution in [0.1, 0.15) is 27.5 Å². The third-order valence-corrected chi connectivity index (χ3v) is 6.48. The molecule has 2 N–H and O–H groups in total. The Labute approximate surface area is 216 Å². The number of fused-ring (bicyclic) bond motifs is 2. The molecule has 1 aliphatic heterocycles. The molecule has 4 aromatic rings. The number of nitrogens with one attached hydrogen (secondary N) is 2. The summed E-state index contributed by atoms with van der Waals surface area (Å²) in [6, 6.07) is 16.4. The van der Waals surface area contributed by atoms with Crippen molar-refractivity contribution in [2.45, 2.75) is 19.2 Å². The number of hydrogen-bond acceptors (Lipinski definition) is 5. The van der Waals surface area contributed by atoms with Crippen LogP contribution in [0.5, 0.6) is 5.75 Å². The number of aryl methyl sites for hydroxylation is 1. The zero-order valence-corrected chi connectivity index (χ0v) is 20.2. The van der Waals surface area contributed by atoms with E-state index in [-0.39, 0.29) is 36.7 Å². The molecule has 0 bridgehead atoms. The minimum absolute atomic E-state index is 0.0891. The molecule has 11 heteroatoms. The summed E-state index contributed by atoms with van der Waals surface area (Å²) >= 11 is 0. The summed E-state index contributed by atoms with van der Waals surface area (Å²) in [5, 5.41) is 10.1. The number of alkyl halides is 2. The van der Waals surface area contributed by atoms with E-state index in [0.29, 0.717) is 11.1 Å². The summed E-state index contributed by atoms with van der Waals surface area (Å²) in [5.41, 5.74) is 4.59. The summed E-state index contributed by atoms with van der Waals surface area (Å²) in [6.45, 7) is -2.68. The molecular weight excluding hydrogens is 496 g/mol. The highest BCUT2D eigenvalue weighted by Crippen LogP contribution is 2.30. The highest BCUT2D eigenvalue weighted by atomic mass is 19.3. The molecule has 9 nitrogen and oxygen atoms in total. The summed E-state index contributed by atoms with van der Waals surface area (Å²) in [5.74, 6) is -0.474. The quantitative estimate of drug-likeness (QED) is 0.343. The number of urea groups is 1. The van der Waals surface area contributed by atoms with Gasteiger partial charge >= 0.3 is 12.6 Å². The number of carbonyl (C=O) groups excluding carboxylic acids is 3. The average molecular weight is 520 g/mol. The molecule has 38 heavy (non-hydrogen) atoms. The Kier molecular flexibility index (Phi) is 6.73. The van der Waals surface area contributed by atoms with Crippen LogP contribution in [0.15, 0.2) is 66.9 Å². The van der Waals surface area contributed by atoms with Crippen LogP contribution in [-0.2, 0) is 18.4 Å². The number of imide groups is 1. The first-order chi connectivity index (χ1) is 18.3. The van der Waals surface area contributed by atoms with E-state index >= 15 is 0 Å². The number of hydrogen-bond donors (Lipinski definition) is 2. The Balaban J connectivity index is 1.37. The Morgan fingerprint density at radius 2 is 1.87 bits per heavy atom. The molecule has 5 rings (SSSR count). The summed E-state index contributed by atoms with van der Waals surface area (Å²) in [7, 11) is 1.88. The van der Waals surface area contributed by atoms with Crippen molar-refractivity contribution in [1.82, 2.24) is 25.3 Å². The van der Waals surface area contributed by atoms with E-state index in [0.717, 1.165) is 22.0 Å². The first-order valence-electron chi connectivity index (χ1n) is 11.7. The number of rotatable bonds is 8. The zero-order chi connectivity index (χ0) is 26.8. The largest absolute Gasteiger partial charge is 0.435 e. The Hall–Kier alpha value is -4.80. The van der Waals surface area contributed by atoms with Gasteiger partial charge in [-0.2, -0.15) is 13.9 Å². The van der Waals surface area contributed by atoms with E-state index in [4.69, 9.17) is 0 Å². The Morgan fingerprint density at radius 1 is 1.11 bits per heavy atom. The predicted octanol–water partition coefficient (Wildman–Crippen LogP) is 3.99. The van der Waals surface area contributed by atoms with Crippen molar-refractivity contribution in [1.29, 1.82) is 0 Å². The first-order valence-corrected chi connectivity index (χ1v) is 11.7. The van der Waals surface area contributed by atoms with E-state index in [2.05, 4.69) is 20.5 Å². The summed E-state index contributed by atoms with van der Waals surface area (Å²) < 4.78 is 31.4. The molecule has 3 aromatic carbocycles. The molecule has 0 fully saturated rings. The summed E-state index contributed by atoms with van der Waals surface area (Å²) in [6.07, 6.45) is 2.07. The molecule has 0 spiro atoms. The van der Waals surface area contributed by atoms with Crippen molar-refractivity contribution in [2.75, 3.05) is 6.54 Å². The van der Waals surface area contributed by atoms with Gasteiger partial charge in [-0.1, -0.05) is 36.4 Å². The maximum Gasteiger partial charge on any atom is 0.387 e. The fourth-order valence-corrected chi connectivity index (χ4v) is 4.62. The van der Waals surface area contributed by atoms with Crippen LogP contribution in [-0.4, -0.2) is 46.2 Å². The van der Waals surface area contributed by atoms with Crippen molar-refractivity contribution in [3.8, 4) is 16.9 Å². The van der Waals surface area contributed by atoms with Gasteiger partial charge in [-0.15, -0.1) is 0 Å². The summed E-state index contributed by atoms with van der Waals surface area (Å²) in [4.78, 5) is 37.5. The predicted molar refractivity (Wildman–Crippen MR) is 134 cm³/mol. The number of halogens is 2. The van der Waals surface area contributed by atoms with E-state index < -0.39 is 18.7 Å². The van der Waals surface area contributed by atoms with Crippen LogP contribution < -0.4 is 15.4 Å². The maximum atomic E-state index is 13.1. The third-order valence-electron chi connectivity index (χ3n) is 6.48. The van der Waals surface area contributed by atoms with Crippen molar-refractivity contribution < 1.29 is 27.9 Å². The van der Waals surface area contributed by atoms with Gasteiger partial charge in [0.25, 0.3) is 5.91 Å². The molecule has 1 aromatic heterocycles. The van der Waals surface area contributed by atoms with Crippen LogP contribution in [0.4, 0.5) is 13.6 Å². The van der Waals surface area contributed by atoms with Crippen LogP contribution >= 0.6 is 0 Å². The molecule has 0 aliphatic carbocycles. The van der Waals surface area contributed by atoms with Gasteiger partial charge in [-0.25, -0.2) is 4.79 Å². The highest BCUT2D eigenvalue weighted by molar-refractivity contribution is 5.98. The molecule has 0 radical (unpaired) electrons. The molecule has 0 saturated heterocycles. The van der Waals surface area contributed by atoms with Gasteiger partial charge in [0.1, 0.15) is 5.75 Å². The minimum Gasteiger partial charge on any atom is -0.435 e. The van der Waals surface area contributed by atoms with Crippen molar-refractivity contribution >= 4 is 29.3 Å². The van der Waals surface area contributed by atoms with Crippen molar-refractivity contribution in [3.63, 3.8) is 0 Å². The number of nitrogens with zero attached hydrogens (tertiary/aromatic N) is 3. The molecule has 1 atom stereocenters. The fraction of sp³-hybridized carbons (Fsp3) is 0.185. The van der Waals surface area contributed by atoms with Crippen LogP contribution in [0.25, 0.3) is 22.0 Å². The topological polar surface area (TPSA) is 106 Å². The standard InChI is InChI=1S/C27H23F2N5O4/c1-33-24-9-7-18(10-20(24)12-31-33)16-2-4-17(5-3-16)23(32-27(37)30-15-35)14-34-13-19-6-8-21(38-26(28)29)11-22(19)25(34)36/h2-12,15,23,26H,13-14H2,1H3,(H2,30,32,35,37)/t23-/m0/s1. The van der Waals surface area contributed by atoms with Crippen LogP contribution in [0.3, 0.4) is 0 Å². The second-order valence-corrected chi connectivity index (χ2v) is 8.84. The maximum absolute atomic E-state index is 13.1. The lowest BCUT2D eigenvalue weighted by molar-refractivity contribution is -0.108. The van der Waals surface area contributed by atoms with Gasteiger partial charge in [0, 0.05) is 31.1 Å². The normalized spacial score (nSPS) is 13.5. The van der Waals surface area contributed by atoms with E-state index in [1.165, 1.54) is 17.0 Å². The molecular formula is C27H23F2N5O4. The molecule has 0 saturated carbocycles. The number of carbonyl (C=O) groups is 3. The molecule has 0 unspecified atom stereocenters. The lowest BCUT2D eigenvalue weighted by Crippen LogP contribution is -2.42. The van der Waals surface area contributed by atoms with Gasteiger partial charge in [0.05, 0.1) is 17.8 Å². The van der Waals surface area contributed by atoms with Crippen molar-refractivity contribution in [3.05, 3.63) is 83.6 Å². The van der Waals surface area contributed by atoms with Crippen molar-refractivity contribution in [2.24, 2.45) is 7.05 Å². The zero-order valence-electron chi connectivity index (χ0n) is 20.2. The van der Waals surface area contributed by atoms with Crippen LogP contribution in [0, 0.1) is 0 Å². The number of aromatic nitrogens is 2. The number of amides is 4. The highest BCUT2D eigenvalue weighted by Gasteiger charge is 2.31.